The van der Waals surface area contributed by atoms with Crippen molar-refractivity contribution in [2.45, 2.75) is 20.8 Å². The Bertz CT molecular complexity index is 376. The van der Waals surface area contributed by atoms with Crippen LogP contribution in [0.2, 0.25) is 0 Å². The van der Waals surface area contributed by atoms with Crippen LogP contribution in [0.3, 0.4) is 0 Å². The summed E-state index contributed by atoms with van der Waals surface area (Å²) in [6, 6.07) is 0. The van der Waals surface area contributed by atoms with Crippen LogP contribution in [0.1, 0.15) is 20.8 Å². The molecule has 0 aromatic rings. The molecule has 0 fully saturated rings. The van der Waals surface area contributed by atoms with E-state index in [1.807, 2.05) is 57.2 Å². The molecular formula is C15H21N. The summed E-state index contributed by atoms with van der Waals surface area (Å²) < 4.78 is 0. The summed E-state index contributed by atoms with van der Waals surface area (Å²) in [5.41, 5.74) is 9.58. The van der Waals surface area contributed by atoms with E-state index in [1.165, 1.54) is 0 Å². The van der Waals surface area contributed by atoms with Gasteiger partial charge < -0.3 is 5.73 Å². The molecular weight excluding hydrogens is 194 g/mol. The highest BCUT2D eigenvalue weighted by molar-refractivity contribution is 5.41. The van der Waals surface area contributed by atoms with Crippen LogP contribution in [-0.2, 0) is 0 Å². The minimum absolute atomic E-state index is 0.683. The summed E-state index contributed by atoms with van der Waals surface area (Å²) in [5.74, 6) is 0. The lowest BCUT2D eigenvalue weighted by Gasteiger charge is -2.01. The monoisotopic (exact) mass is 215 g/mol. The number of allylic oxidation sites excluding steroid dienone is 8. The summed E-state index contributed by atoms with van der Waals surface area (Å²) in [4.78, 5) is 0. The fourth-order valence-corrected chi connectivity index (χ4v) is 1.12. The van der Waals surface area contributed by atoms with Crippen LogP contribution in [0, 0.1) is 0 Å². The normalized spacial score (nSPS) is 14.3. The zero-order valence-electron chi connectivity index (χ0n) is 10.5. The molecule has 0 radical (unpaired) electrons. The molecule has 0 aromatic carbocycles. The second-order valence-electron chi connectivity index (χ2n) is 3.65. The van der Waals surface area contributed by atoms with Gasteiger partial charge in [0.1, 0.15) is 0 Å². The number of rotatable bonds is 5. The first-order valence-electron chi connectivity index (χ1n) is 5.28. The van der Waals surface area contributed by atoms with E-state index >= 15 is 0 Å². The number of hydrogen-bond donors (Lipinski definition) is 1. The highest BCUT2D eigenvalue weighted by atomic mass is 14.6. The zero-order chi connectivity index (χ0) is 12.6. The van der Waals surface area contributed by atoms with Crippen LogP contribution in [0.5, 0.6) is 0 Å². The van der Waals surface area contributed by atoms with Gasteiger partial charge in [0, 0.05) is 5.70 Å². The summed E-state index contributed by atoms with van der Waals surface area (Å²) >= 11 is 0. The molecule has 0 atom stereocenters. The molecule has 0 aliphatic rings. The molecule has 0 saturated heterocycles. The van der Waals surface area contributed by atoms with Crippen LogP contribution in [0.15, 0.2) is 72.0 Å². The molecule has 16 heavy (non-hydrogen) atoms. The Morgan fingerprint density at radius 2 is 1.75 bits per heavy atom. The molecule has 0 rings (SSSR count). The van der Waals surface area contributed by atoms with Crippen LogP contribution in [0.4, 0.5) is 0 Å². The van der Waals surface area contributed by atoms with E-state index < -0.39 is 0 Å². The summed E-state index contributed by atoms with van der Waals surface area (Å²) in [6.07, 6.45) is 11.5. The molecule has 1 heteroatoms. The second-order valence-corrected chi connectivity index (χ2v) is 3.65. The quantitative estimate of drug-likeness (QED) is 0.688. The average molecular weight is 215 g/mol. The van der Waals surface area contributed by atoms with Crippen molar-refractivity contribution in [2.24, 2.45) is 5.73 Å². The van der Waals surface area contributed by atoms with E-state index in [0.29, 0.717) is 5.70 Å². The fraction of sp³-hybridized carbons (Fsp3) is 0.200. The van der Waals surface area contributed by atoms with E-state index in [9.17, 15) is 0 Å². The molecule has 0 aromatic heterocycles. The standard InChI is InChI=1S/C15H21N/c1-6-8-9-15(16)14(5)11-13(4)10-12(3)7-2/h6-11H,2,5,16H2,1,3-4H3/b8-6-,12-10-,13-11-,15-9-. The van der Waals surface area contributed by atoms with Crippen molar-refractivity contribution in [3.8, 4) is 0 Å². The minimum atomic E-state index is 0.683. The Morgan fingerprint density at radius 3 is 2.25 bits per heavy atom. The van der Waals surface area contributed by atoms with Gasteiger partial charge in [-0.2, -0.15) is 0 Å². The first-order valence-corrected chi connectivity index (χ1v) is 5.28. The molecule has 0 bridgehead atoms. The largest absolute Gasteiger partial charge is 0.398 e. The van der Waals surface area contributed by atoms with Crippen molar-refractivity contribution < 1.29 is 0 Å². The Balaban J connectivity index is 4.78. The molecule has 0 heterocycles. The van der Waals surface area contributed by atoms with E-state index in [4.69, 9.17) is 5.73 Å². The third-order valence-corrected chi connectivity index (χ3v) is 2.02. The van der Waals surface area contributed by atoms with Crippen molar-refractivity contribution >= 4 is 0 Å². The Hall–Kier alpha value is -1.76. The third-order valence-electron chi connectivity index (χ3n) is 2.02. The maximum Gasteiger partial charge on any atom is 0.0381 e. The van der Waals surface area contributed by atoms with Crippen molar-refractivity contribution in [1.82, 2.24) is 0 Å². The molecule has 0 spiro atoms. The van der Waals surface area contributed by atoms with Gasteiger partial charge in [0.2, 0.25) is 0 Å². The number of hydrogen-bond acceptors (Lipinski definition) is 1. The molecule has 86 valence electrons. The van der Waals surface area contributed by atoms with E-state index in [0.717, 1.165) is 16.7 Å². The van der Waals surface area contributed by atoms with E-state index in [-0.39, 0.29) is 0 Å². The van der Waals surface area contributed by atoms with Crippen LogP contribution in [-0.4, -0.2) is 0 Å². The highest BCUT2D eigenvalue weighted by Crippen LogP contribution is 2.09. The zero-order valence-corrected chi connectivity index (χ0v) is 10.5. The van der Waals surface area contributed by atoms with Crippen LogP contribution >= 0.6 is 0 Å². The van der Waals surface area contributed by atoms with Gasteiger partial charge in [0.15, 0.2) is 0 Å². The van der Waals surface area contributed by atoms with Gasteiger partial charge in [-0.15, -0.1) is 0 Å². The maximum atomic E-state index is 5.84. The molecule has 1 nitrogen and oxygen atoms in total. The molecule has 0 aliphatic heterocycles. The molecule has 0 aliphatic carbocycles. The van der Waals surface area contributed by atoms with E-state index in [2.05, 4.69) is 13.2 Å². The second kappa shape index (κ2) is 7.52. The Morgan fingerprint density at radius 1 is 1.12 bits per heavy atom. The van der Waals surface area contributed by atoms with Gasteiger partial charge in [0.25, 0.3) is 0 Å². The smallest absolute Gasteiger partial charge is 0.0381 e. The lowest BCUT2D eigenvalue weighted by Crippen LogP contribution is -1.98. The predicted molar refractivity (Wildman–Crippen MR) is 73.9 cm³/mol. The van der Waals surface area contributed by atoms with Crippen molar-refractivity contribution in [2.75, 3.05) is 0 Å². The number of nitrogens with two attached hydrogens (primary N) is 1. The van der Waals surface area contributed by atoms with E-state index in [1.54, 1.807) is 0 Å². The fourth-order valence-electron chi connectivity index (χ4n) is 1.12. The summed E-state index contributed by atoms with van der Waals surface area (Å²) in [5, 5.41) is 0. The van der Waals surface area contributed by atoms with Crippen molar-refractivity contribution in [3.63, 3.8) is 0 Å². The van der Waals surface area contributed by atoms with Gasteiger partial charge in [-0.3, -0.25) is 0 Å². The minimum Gasteiger partial charge on any atom is -0.398 e. The van der Waals surface area contributed by atoms with Gasteiger partial charge in [-0.05, 0) is 32.4 Å². The SMILES string of the molecule is C=C/C(C)=C\C(C)=C/C(=C)/C(N)=C/C=C\C. The Kier molecular flexibility index (Phi) is 6.69. The predicted octanol–water partition coefficient (Wildman–Crippen LogP) is 4.04. The Labute approximate surface area is 99.1 Å². The molecule has 0 saturated carbocycles. The van der Waals surface area contributed by atoms with Gasteiger partial charge in [0.05, 0.1) is 0 Å². The lowest BCUT2D eigenvalue weighted by molar-refractivity contribution is 1.33. The first kappa shape index (κ1) is 14.2. The molecule has 2 N–H and O–H groups in total. The van der Waals surface area contributed by atoms with Crippen LogP contribution in [0.25, 0.3) is 0 Å². The van der Waals surface area contributed by atoms with Crippen molar-refractivity contribution in [1.29, 1.82) is 0 Å². The molecule has 0 unspecified atom stereocenters. The van der Waals surface area contributed by atoms with Crippen LogP contribution < -0.4 is 5.73 Å². The summed E-state index contributed by atoms with van der Waals surface area (Å²) in [7, 11) is 0. The highest BCUT2D eigenvalue weighted by Gasteiger charge is 1.93. The first-order chi connectivity index (χ1) is 7.51. The van der Waals surface area contributed by atoms with Crippen molar-refractivity contribution in [3.05, 3.63) is 72.0 Å². The van der Waals surface area contributed by atoms with Gasteiger partial charge in [-0.25, -0.2) is 0 Å². The summed E-state index contributed by atoms with van der Waals surface area (Å²) in [6.45, 7) is 13.6. The maximum absolute atomic E-state index is 5.84. The third kappa shape index (κ3) is 5.86. The topological polar surface area (TPSA) is 26.0 Å². The molecule has 0 amide bonds. The van der Waals surface area contributed by atoms with Gasteiger partial charge >= 0.3 is 0 Å². The lowest BCUT2D eigenvalue weighted by atomic mass is 10.1. The van der Waals surface area contributed by atoms with Gasteiger partial charge in [-0.1, -0.05) is 54.7 Å². The average Bonchev–Trinajstić information content (AvgIpc) is 2.25.